The van der Waals surface area contributed by atoms with Crippen LogP contribution in [0.15, 0.2) is 36.4 Å². The number of carbonyl (C=O) groups excluding carboxylic acids is 2. The Labute approximate surface area is 138 Å². The molecule has 3 aliphatic heterocycles. The zero-order valence-corrected chi connectivity index (χ0v) is 13.1. The van der Waals surface area contributed by atoms with E-state index in [0.29, 0.717) is 5.76 Å². The molecule has 2 saturated heterocycles. The number of esters is 2. The van der Waals surface area contributed by atoms with Gasteiger partial charge in [0.25, 0.3) is 0 Å². The molecule has 0 bridgehead atoms. The predicted octanol–water partition coefficient (Wildman–Crippen LogP) is 1.09. The molecule has 0 saturated carbocycles. The van der Waals surface area contributed by atoms with E-state index < -0.39 is 42.0 Å². The molecule has 5 atom stereocenters. The molecule has 0 amide bonds. The number of hydrogen-bond donors (Lipinski definition) is 0. The largest absolute Gasteiger partial charge is 0.464 e. The van der Waals surface area contributed by atoms with E-state index in [4.69, 9.17) is 23.7 Å². The first kappa shape index (κ1) is 15.2. The lowest BCUT2D eigenvalue weighted by atomic mass is 9.81. The predicted molar refractivity (Wildman–Crippen MR) is 79.0 cm³/mol. The Bertz CT molecular complexity index is 713. The molecule has 0 spiro atoms. The maximum absolute atomic E-state index is 12.5. The van der Waals surface area contributed by atoms with Crippen LogP contribution in [0.1, 0.15) is 5.56 Å². The monoisotopic (exact) mass is 332 g/mol. The summed E-state index contributed by atoms with van der Waals surface area (Å²) in [5.74, 6) is -3.87. The Morgan fingerprint density at radius 1 is 1.21 bits per heavy atom. The van der Waals surface area contributed by atoms with Crippen molar-refractivity contribution in [2.24, 2.45) is 11.8 Å². The van der Waals surface area contributed by atoms with E-state index in [9.17, 15) is 9.59 Å². The van der Waals surface area contributed by atoms with Gasteiger partial charge in [0.05, 0.1) is 18.9 Å². The molecule has 126 valence electrons. The topological polar surface area (TPSA) is 80.3 Å². The van der Waals surface area contributed by atoms with Crippen LogP contribution >= 0.6 is 0 Å². The quantitative estimate of drug-likeness (QED) is 0.766. The molecule has 0 aliphatic carbocycles. The molecule has 24 heavy (non-hydrogen) atoms. The van der Waals surface area contributed by atoms with Gasteiger partial charge in [-0.15, -0.1) is 0 Å². The molecule has 4 rings (SSSR count). The summed E-state index contributed by atoms with van der Waals surface area (Å²) in [5, 5.41) is 0. The number of carbonyl (C=O) groups is 2. The van der Waals surface area contributed by atoms with Gasteiger partial charge in [-0.25, -0.2) is 4.79 Å². The first-order chi connectivity index (χ1) is 11.6. The van der Waals surface area contributed by atoms with Crippen LogP contribution in [0.5, 0.6) is 0 Å². The van der Waals surface area contributed by atoms with Crippen molar-refractivity contribution in [3.05, 3.63) is 42.0 Å². The summed E-state index contributed by atoms with van der Waals surface area (Å²) in [5.41, 5.74) is 0.722. The van der Waals surface area contributed by atoms with Crippen LogP contribution in [0.2, 0.25) is 0 Å². The molecule has 3 aliphatic rings. The van der Waals surface area contributed by atoms with Gasteiger partial charge in [0.1, 0.15) is 5.76 Å². The van der Waals surface area contributed by atoms with Crippen LogP contribution in [0, 0.1) is 11.8 Å². The van der Waals surface area contributed by atoms with Crippen molar-refractivity contribution in [2.45, 2.75) is 18.2 Å². The third-order valence-electron chi connectivity index (χ3n) is 4.62. The van der Waals surface area contributed by atoms with Gasteiger partial charge in [0.15, 0.2) is 12.4 Å². The van der Waals surface area contributed by atoms with E-state index in [-0.39, 0.29) is 0 Å². The van der Waals surface area contributed by atoms with E-state index >= 15 is 0 Å². The SMILES string of the molecule is COC(=O)[C@@]12OC(c3ccccc3)=C[C@H]3C(=O)O[C@@H]([C@H](OC)O1)[C@H]32. The van der Waals surface area contributed by atoms with Crippen molar-refractivity contribution < 1.29 is 33.3 Å². The summed E-state index contributed by atoms with van der Waals surface area (Å²) in [4.78, 5) is 24.8. The van der Waals surface area contributed by atoms with Crippen molar-refractivity contribution in [3.63, 3.8) is 0 Å². The van der Waals surface area contributed by atoms with Crippen molar-refractivity contribution in [2.75, 3.05) is 14.2 Å². The molecule has 3 heterocycles. The fourth-order valence-electron chi connectivity index (χ4n) is 3.56. The minimum absolute atomic E-state index is 0.372. The highest BCUT2D eigenvalue weighted by Gasteiger charge is 2.72. The second-order valence-electron chi connectivity index (χ2n) is 5.83. The number of hydrogen-bond acceptors (Lipinski definition) is 7. The molecular formula is C17H16O7. The molecule has 1 aromatic carbocycles. The number of benzene rings is 1. The lowest BCUT2D eigenvalue weighted by molar-refractivity contribution is -0.265. The fraction of sp³-hybridized carbons (Fsp3) is 0.412. The Kier molecular flexibility index (Phi) is 3.36. The van der Waals surface area contributed by atoms with Crippen molar-refractivity contribution in [1.29, 1.82) is 0 Å². The first-order valence-electron chi connectivity index (χ1n) is 7.56. The van der Waals surface area contributed by atoms with Gasteiger partial charge in [-0.2, -0.15) is 0 Å². The lowest BCUT2D eigenvalue weighted by Crippen LogP contribution is -2.52. The second kappa shape index (κ2) is 5.32. The van der Waals surface area contributed by atoms with Gasteiger partial charge in [-0.1, -0.05) is 30.3 Å². The highest BCUT2D eigenvalue weighted by molar-refractivity contribution is 5.88. The van der Waals surface area contributed by atoms with Gasteiger partial charge < -0.3 is 18.9 Å². The van der Waals surface area contributed by atoms with Gasteiger partial charge in [-0.05, 0) is 6.08 Å². The molecule has 2 fully saturated rings. The van der Waals surface area contributed by atoms with E-state index in [2.05, 4.69) is 0 Å². The zero-order valence-electron chi connectivity index (χ0n) is 13.1. The molecule has 7 heteroatoms. The number of ether oxygens (including phenoxy) is 5. The van der Waals surface area contributed by atoms with Gasteiger partial charge in [0, 0.05) is 12.7 Å². The van der Waals surface area contributed by atoms with E-state index in [1.54, 1.807) is 6.08 Å². The van der Waals surface area contributed by atoms with Crippen LogP contribution in [-0.2, 0) is 33.3 Å². The maximum atomic E-state index is 12.5. The highest BCUT2D eigenvalue weighted by atomic mass is 16.8. The summed E-state index contributed by atoms with van der Waals surface area (Å²) in [6, 6.07) is 9.16. The average Bonchev–Trinajstić information content (AvgIpc) is 3.13. The van der Waals surface area contributed by atoms with Crippen LogP contribution in [0.25, 0.3) is 5.76 Å². The van der Waals surface area contributed by atoms with Crippen LogP contribution in [0.4, 0.5) is 0 Å². The summed E-state index contributed by atoms with van der Waals surface area (Å²) in [6.45, 7) is 0. The zero-order chi connectivity index (χ0) is 16.9. The van der Waals surface area contributed by atoms with Crippen LogP contribution in [0.3, 0.4) is 0 Å². The minimum Gasteiger partial charge on any atom is -0.464 e. The summed E-state index contributed by atoms with van der Waals surface area (Å²) < 4.78 is 27.2. The maximum Gasteiger partial charge on any atom is 0.380 e. The Hall–Kier alpha value is -2.38. The summed E-state index contributed by atoms with van der Waals surface area (Å²) in [6.07, 6.45) is 0.0528. The summed E-state index contributed by atoms with van der Waals surface area (Å²) in [7, 11) is 2.66. The van der Waals surface area contributed by atoms with E-state index in [1.807, 2.05) is 30.3 Å². The molecular weight excluding hydrogens is 316 g/mol. The van der Waals surface area contributed by atoms with Crippen LogP contribution in [-0.4, -0.2) is 44.3 Å². The standard InChI is InChI=1S/C17H16O7/c1-20-15-13-12-10(14(18)22-13)8-11(9-6-4-3-5-7-9)23-17(12,24-15)16(19)21-2/h3-8,10,12-13,15H,1-2H3/t10-,12+,13-,15-,17+/m1/s1. The smallest absolute Gasteiger partial charge is 0.380 e. The van der Waals surface area contributed by atoms with Gasteiger partial charge in [0.2, 0.25) is 0 Å². The molecule has 0 unspecified atom stereocenters. The van der Waals surface area contributed by atoms with Crippen molar-refractivity contribution >= 4 is 17.7 Å². The van der Waals surface area contributed by atoms with Crippen LogP contribution < -0.4 is 0 Å². The van der Waals surface area contributed by atoms with Crippen molar-refractivity contribution in [3.8, 4) is 0 Å². The third kappa shape index (κ3) is 1.91. The van der Waals surface area contributed by atoms with Gasteiger partial charge in [-0.3, -0.25) is 9.53 Å². The van der Waals surface area contributed by atoms with Gasteiger partial charge >= 0.3 is 17.7 Å². The Balaban J connectivity index is 1.84. The third-order valence-corrected chi connectivity index (χ3v) is 4.62. The fourth-order valence-corrected chi connectivity index (χ4v) is 3.56. The molecule has 0 aromatic heterocycles. The highest BCUT2D eigenvalue weighted by Crippen LogP contribution is 2.53. The minimum atomic E-state index is -1.77. The molecule has 1 aromatic rings. The normalized spacial score (nSPS) is 36.4. The van der Waals surface area contributed by atoms with E-state index in [1.165, 1.54) is 14.2 Å². The Morgan fingerprint density at radius 2 is 1.96 bits per heavy atom. The van der Waals surface area contributed by atoms with Crippen molar-refractivity contribution in [1.82, 2.24) is 0 Å². The molecule has 0 radical (unpaired) electrons. The number of rotatable bonds is 3. The molecule has 7 nitrogen and oxygen atoms in total. The number of methoxy groups -OCH3 is 2. The summed E-state index contributed by atoms with van der Waals surface area (Å²) >= 11 is 0. The second-order valence-corrected chi connectivity index (χ2v) is 5.83. The first-order valence-corrected chi connectivity index (χ1v) is 7.56. The molecule has 0 N–H and O–H groups in total. The lowest BCUT2D eigenvalue weighted by Gasteiger charge is -2.36. The average molecular weight is 332 g/mol. The van der Waals surface area contributed by atoms with E-state index in [0.717, 1.165) is 5.56 Å². The Morgan fingerprint density at radius 3 is 2.62 bits per heavy atom.